The lowest BCUT2D eigenvalue weighted by Gasteiger charge is -2.34. The van der Waals surface area contributed by atoms with Gasteiger partial charge in [0.2, 0.25) is 10.0 Å². The third-order valence-corrected chi connectivity index (χ3v) is 8.15. The van der Waals surface area contributed by atoms with Gasteiger partial charge >= 0.3 is 0 Å². The van der Waals surface area contributed by atoms with Gasteiger partial charge in [0.05, 0.1) is 6.61 Å². The molecule has 1 aromatic rings. The number of nitrogens with one attached hydrogen (secondary N) is 1. The van der Waals surface area contributed by atoms with Gasteiger partial charge in [-0.25, -0.2) is 8.42 Å². The quantitative estimate of drug-likeness (QED) is 0.714. The maximum Gasteiger partial charge on any atom is 0.262 e. The minimum absolute atomic E-state index is 0.119. The van der Waals surface area contributed by atoms with Crippen molar-refractivity contribution in [2.75, 3.05) is 39.3 Å². The number of likely N-dealkylation sites (tertiary alicyclic amines) is 1. The molecule has 2 fully saturated rings. The molecule has 0 unspecified atom stereocenters. The molecule has 26 heavy (non-hydrogen) atoms. The van der Waals surface area contributed by atoms with Gasteiger partial charge < -0.3 is 10.4 Å². The highest BCUT2D eigenvalue weighted by molar-refractivity contribution is 7.89. The number of amides is 1. The Morgan fingerprint density at radius 3 is 2.69 bits per heavy atom. The van der Waals surface area contributed by atoms with Crippen LogP contribution in [0.5, 0.6) is 0 Å². The topological polar surface area (TPSA) is 90.0 Å². The van der Waals surface area contributed by atoms with Crippen molar-refractivity contribution in [2.45, 2.75) is 43.0 Å². The highest BCUT2D eigenvalue weighted by Gasteiger charge is 2.31. The second-order valence-electron chi connectivity index (χ2n) is 6.85. The summed E-state index contributed by atoms with van der Waals surface area (Å²) in [5.41, 5.74) is 0. The van der Waals surface area contributed by atoms with E-state index in [1.54, 1.807) is 5.38 Å². The fourth-order valence-electron chi connectivity index (χ4n) is 3.69. The summed E-state index contributed by atoms with van der Waals surface area (Å²) in [6.07, 6.45) is 4.95. The Labute approximate surface area is 159 Å². The zero-order valence-corrected chi connectivity index (χ0v) is 16.5. The lowest BCUT2D eigenvalue weighted by Crippen LogP contribution is -2.45. The summed E-state index contributed by atoms with van der Waals surface area (Å²) in [7, 11) is -3.59. The van der Waals surface area contributed by atoms with Crippen molar-refractivity contribution in [2.24, 2.45) is 0 Å². The van der Waals surface area contributed by atoms with E-state index in [1.807, 2.05) is 0 Å². The van der Waals surface area contributed by atoms with E-state index < -0.39 is 10.0 Å². The zero-order valence-electron chi connectivity index (χ0n) is 14.9. The van der Waals surface area contributed by atoms with E-state index in [0.717, 1.165) is 50.0 Å². The third kappa shape index (κ3) is 4.28. The molecule has 0 saturated carbocycles. The van der Waals surface area contributed by atoms with Crippen molar-refractivity contribution in [1.29, 1.82) is 0 Å². The molecule has 0 aromatic carbocycles. The number of thiophene rings is 1. The first-order valence-corrected chi connectivity index (χ1v) is 11.6. The molecule has 2 aliphatic heterocycles. The van der Waals surface area contributed by atoms with E-state index in [2.05, 4.69) is 10.2 Å². The van der Waals surface area contributed by atoms with Crippen LogP contribution in [-0.2, 0) is 10.0 Å². The Bertz CT molecular complexity index is 713. The first kappa shape index (κ1) is 19.8. The molecule has 146 valence electrons. The maximum absolute atomic E-state index is 12.7. The molecule has 1 aromatic heterocycles. The largest absolute Gasteiger partial charge is 0.395 e. The maximum atomic E-state index is 12.7. The van der Waals surface area contributed by atoms with E-state index in [-0.39, 0.29) is 28.3 Å². The number of hydrogen-bond acceptors (Lipinski definition) is 6. The number of aliphatic hydroxyl groups excluding tert-OH is 1. The molecule has 1 atom stereocenters. The molecule has 1 amide bonds. The zero-order chi connectivity index (χ0) is 18.6. The van der Waals surface area contributed by atoms with Crippen LogP contribution in [0.25, 0.3) is 0 Å². The Morgan fingerprint density at radius 1 is 1.23 bits per heavy atom. The summed E-state index contributed by atoms with van der Waals surface area (Å²) in [4.78, 5) is 15.1. The van der Waals surface area contributed by atoms with Crippen molar-refractivity contribution in [3.8, 4) is 0 Å². The molecule has 0 spiro atoms. The van der Waals surface area contributed by atoms with Crippen LogP contribution >= 0.6 is 11.3 Å². The highest BCUT2D eigenvalue weighted by atomic mass is 32.2. The first-order valence-electron chi connectivity index (χ1n) is 9.25. The number of carbonyl (C=O) groups excluding carboxylic acids is 1. The van der Waals surface area contributed by atoms with E-state index in [1.165, 1.54) is 10.4 Å². The van der Waals surface area contributed by atoms with Gasteiger partial charge in [0, 0.05) is 32.2 Å². The third-order valence-electron chi connectivity index (χ3n) is 5.16. The number of carbonyl (C=O) groups is 1. The van der Waals surface area contributed by atoms with Gasteiger partial charge in [-0.05, 0) is 43.7 Å². The van der Waals surface area contributed by atoms with Gasteiger partial charge in [0.1, 0.15) is 9.77 Å². The van der Waals surface area contributed by atoms with Crippen LogP contribution in [0.2, 0.25) is 0 Å². The molecule has 7 nitrogen and oxygen atoms in total. The Balaban J connectivity index is 1.60. The second kappa shape index (κ2) is 8.79. The first-order chi connectivity index (χ1) is 12.5. The highest BCUT2D eigenvalue weighted by Crippen LogP contribution is 2.27. The van der Waals surface area contributed by atoms with E-state index in [9.17, 15) is 18.3 Å². The van der Waals surface area contributed by atoms with Gasteiger partial charge in [-0.15, -0.1) is 11.3 Å². The van der Waals surface area contributed by atoms with Crippen LogP contribution in [0, 0.1) is 0 Å². The number of hydrogen-bond donors (Lipinski definition) is 2. The lowest BCUT2D eigenvalue weighted by atomic mass is 10.0. The standard InChI is InChI=1S/C17H27N3O4S2/c21-13-14-5-1-2-8-19(14)11-7-18-17(22)16-15(6-12-25-16)26(23,24)20-9-3-4-10-20/h6,12,14,21H,1-5,7-11,13H2,(H,18,22)/t14-/m0/s1. The summed E-state index contributed by atoms with van der Waals surface area (Å²) in [6.45, 7) is 3.21. The number of nitrogens with zero attached hydrogens (tertiary/aromatic N) is 2. The summed E-state index contributed by atoms with van der Waals surface area (Å²) in [5.74, 6) is -0.338. The van der Waals surface area contributed by atoms with Crippen LogP contribution in [0.1, 0.15) is 41.8 Å². The monoisotopic (exact) mass is 401 g/mol. The molecule has 3 heterocycles. The minimum atomic E-state index is -3.59. The average Bonchev–Trinajstić information content (AvgIpc) is 3.34. The van der Waals surface area contributed by atoms with Gasteiger partial charge in [-0.3, -0.25) is 9.69 Å². The van der Waals surface area contributed by atoms with Crippen LogP contribution in [-0.4, -0.2) is 74.0 Å². The molecule has 3 rings (SSSR count). The molecular formula is C17H27N3O4S2. The van der Waals surface area contributed by atoms with Crippen LogP contribution in [0.4, 0.5) is 0 Å². The molecule has 0 aliphatic carbocycles. The van der Waals surface area contributed by atoms with E-state index in [0.29, 0.717) is 26.2 Å². The van der Waals surface area contributed by atoms with Crippen molar-refractivity contribution < 1.29 is 18.3 Å². The fraction of sp³-hybridized carbons (Fsp3) is 0.706. The normalized spacial score (nSPS) is 22.6. The van der Waals surface area contributed by atoms with Gasteiger partial charge in [-0.1, -0.05) is 6.42 Å². The van der Waals surface area contributed by atoms with E-state index in [4.69, 9.17) is 0 Å². The summed E-state index contributed by atoms with van der Waals surface area (Å²) < 4.78 is 26.9. The smallest absolute Gasteiger partial charge is 0.262 e. The Hall–Kier alpha value is -1.00. The SMILES string of the molecule is O=C(NCCN1CCCC[C@H]1CO)c1sccc1S(=O)(=O)N1CCCC1. The van der Waals surface area contributed by atoms with Gasteiger partial charge in [0.15, 0.2) is 0 Å². The van der Waals surface area contributed by atoms with Crippen LogP contribution in [0.15, 0.2) is 16.3 Å². The summed E-state index contributed by atoms with van der Waals surface area (Å²) >= 11 is 1.16. The van der Waals surface area contributed by atoms with E-state index >= 15 is 0 Å². The van der Waals surface area contributed by atoms with Gasteiger partial charge in [-0.2, -0.15) is 4.31 Å². The number of piperidine rings is 1. The predicted molar refractivity (Wildman–Crippen MR) is 101 cm³/mol. The van der Waals surface area contributed by atoms with Gasteiger partial charge in [0.25, 0.3) is 5.91 Å². The fourth-order valence-corrected chi connectivity index (χ4v) is 6.52. The molecular weight excluding hydrogens is 374 g/mol. The molecule has 2 N–H and O–H groups in total. The molecule has 0 radical (unpaired) electrons. The summed E-state index contributed by atoms with van der Waals surface area (Å²) in [5, 5.41) is 14.0. The van der Waals surface area contributed by atoms with Crippen LogP contribution < -0.4 is 5.32 Å². The van der Waals surface area contributed by atoms with Crippen molar-refractivity contribution in [1.82, 2.24) is 14.5 Å². The van der Waals surface area contributed by atoms with Crippen molar-refractivity contribution >= 4 is 27.3 Å². The van der Waals surface area contributed by atoms with Crippen molar-refractivity contribution in [3.63, 3.8) is 0 Å². The molecule has 2 aliphatic rings. The second-order valence-corrected chi connectivity index (χ2v) is 9.67. The molecule has 0 bridgehead atoms. The minimum Gasteiger partial charge on any atom is -0.395 e. The summed E-state index contributed by atoms with van der Waals surface area (Å²) in [6, 6.07) is 1.69. The molecule has 2 saturated heterocycles. The van der Waals surface area contributed by atoms with Crippen molar-refractivity contribution in [3.05, 3.63) is 16.3 Å². The van der Waals surface area contributed by atoms with Crippen LogP contribution in [0.3, 0.4) is 0 Å². The number of rotatable bonds is 7. The average molecular weight is 402 g/mol. The Morgan fingerprint density at radius 2 is 1.96 bits per heavy atom. The lowest BCUT2D eigenvalue weighted by molar-refractivity contribution is 0.0849. The predicted octanol–water partition coefficient (Wildman–Crippen LogP) is 1.11. The Kier molecular flexibility index (Phi) is 6.68. The number of sulfonamides is 1. The molecule has 9 heteroatoms. The number of aliphatic hydroxyl groups is 1.